The van der Waals surface area contributed by atoms with Gasteiger partial charge in [-0.15, -0.1) is 0 Å². The van der Waals surface area contributed by atoms with Crippen LogP contribution in [-0.4, -0.2) is 57.4 Å². The third-order valence-electron chi connectivity index (χ3n) is 4.62. The van der Waals surface area contributed by atoms with Crippen molar-refractivity contribution in [3.63, 3.8) is 0 Å². The first-order chi connectivity index (χ1) is 9.44. The molecular formula is C14H23NO5. The van der Waals surface area contributed by atoms with Crippen molar-refractivity contribution in [2.24, 2.45) is 5.41 Å². The fourth-order valence-electron chi connectivity index (χ4n) is 3.25. The van der Waals surface area contributed by atoms with E-state index in [-0.39, 0.29) is 25.4 Å². The predicted octanol–water partition coefficient (Wildman–Crippen LogP) is 0.366. The lowest BCUT2D eigenvalue weighted by Gasteiger charge is -2.29. The molecule has 0 aromatic rings. The van der Waals surface area contributed by atoms with Gasteiger partial charge in [-0.3, -0.25) is 9.59 Å². The van der Waals surface area contributed by atoms with Gasteiger partial charge in [0.1, 0.15) is 0 Å². The average Bonchev–Trinajstić information content (AvgIpc) is 2.62. The van der Waals surface area contributed by atoms with Crippen LogP contribution in [0.15, 0.2) is 0 Å². The Hall–Kier alpha value is -1.14. The zero-order valence-electron chi connectivity index (χ0n) is 11.6. The van der Waals surface area contributed by atoms with E-state index in [4.69, 9.17) is 0 Å². The summed E-state index contributed by atoms with van der Waals surface area (Å²) < 4.78 is 0. The van der Waals surface area contributed by atoms with Gasteiger partial charge in [0.2, 0.25) is 5.91 Å². The van der Waals surface area contributed by atoms with Crippen molar-refractivity contribution in [3.8, 4) is 0 Å². The highest BCUT2D eigenvalue weighted by Crippen LogP contribution is 2.39. The molecule has 1 amide bonds. The Labute approximate surface area is 118 Å². The van der Waals surface area contributed by atoms with Crippen molar-refractivity contribution >= 4 is 11.9 Å². The van der Waals surface area contributed by atoms with Crippen molar-refractivity contribution in [2.45, 2.75) is 57.2 Å². The van der Waals surface area contributed by atoms with Crippen LogP contribution in [0, 0.1) is 5.41 Å². The molecule has 0 aromatic heterocycles. The standard InChI is InChI=1S/C14H23NO5/c16-10-8-15(9-11(10)17)12(18)7-14(13(19)20)5-3-1-2-4-6-14/h10-11,16-17H,1-9H2,(H,19,20). The number of carboxylic acid groups (broad SMARTS) is 1. The summed E-state index contributed by atoms with van der Waals surface area (Å²) >= 11 is 0. The van der Waals surface area contributed by atoms with Crippen LogP contribution in [0.2, 0.25) is 0 Å². The number of carbonyl (C=O) groups is 2. The van der Waals surface area contributed by atoms with Gasteiger partial charge in [0.25, 0.3) is 0 Å². The molecule has 2 aliphatic rings. The van der Waals surface area contributed by atoms with Crippen LogP contribution in [-0.2, 0) is 9.59 Å². The van der Waals surface area contributed by atoms with E-state index in [9.17, 15) is 24.9 Å². The number of aliphatic hydroxyl groups excluding tert-OH is 2. The number of nitrogens with zero attached hydrogens (tertiary/aromatic N) is 1. The lowest BCUT2D eigenvalue weighted by atomic mass is 9.77. The lowest BCUT2D eigenvalue weighted by Crippen LogP contribution is -2.39. The maximum Gasteiger partial charge on any atom is 0.310 e. The number of aliphatic carboxylic acids is 1. The molecular weight excluding hydrogens is 262 g/mol. The number of hydrogen-bond donors (Lipinski definition) is 3. The molecule has 1 aliphatic heterocycles. The normalized spacial score (nSPS) is 30.0. The molecule has 114 valence electrons. The maximum atomic E-state index is 12.3. The van der Waals surface area contributed by atoms with E-state index in [1.165, 1.54) is 4.90 Å². The molecule has 6 heteroatoms. The summed E-state index contributed by atoms with van der Waals surface area (Å²) in [6.07, 6.45) is 2.91. The number of rotatable bonds is 3. The number of carboxylic acids is 1. The minimum Gasteiger partial charge on any atom is -0.481 e. The number of likely N-dealkylation sites (tertiary alicyclic amines) is 1. The minimum atomic E-state index is -0.966. The summed E-state index contributed by atoms with van der Waals surface area (Å²) in [5.74, 6) is -1.17. The number of β-amino-alcohol motifs (C(OH)–C–C–N with tert-alkyl or cyclic N) is 2. The van der Waals surface area contributed by atoms with Gasteiger partial charge in [-0.25, -0.2) is 0 Å². The smallest absolute Gasteiger partial charge is 0.310 e. The van der Waals surface area contributed by atoms with E-state index in [1.807, 2.05) is 0 Å². The molecule has 1 saturated carbocycles. The summed E-state index contributed by atoms with van der Waals surface area (Å²) in [6, 6.07) is 0. The average molecular weight is 285 g/mol. The second-order valence-electron chi connectivity index (χ2n) is 6.11. The molecule has 3 N–H and O–H groups in total. The molecule has 2 atom stereocenters. The number of amides is 1. The highest BCUT2D eigenvalue weighted by atomic mass is 16.4. The van der Waals surface area contributed by atoms with Gasteiger partial charge in [0, 0.05) is 19.5 Å². The van der Waals surface area contributed by atoms with E-state index < -0.39 is 23.6 Å². The van der Waals surface area contributed by atoms with E-state index in [1.54, 1.807) is 0 Å². The van der Waals surface area contributed by atoms with Crippen LogP contribution in [0.1, 0.15) is 44.9 Å². The van der Waals surface area contributed by atoms with E-state index in [0.29, 0.717) is 12.8 Å². The predicted molar refractivity (Wildman–Crippen MR) is 71.0 cm³/mol. The molecule has 6 nitrogen and oxygen atoms in total. The van der Waals surface area contributed by atoms with Crippen LogP contribution >= 0.6 is 0 Å². The van der Waals surface area contributed by atoms with Gasteiger partial charge in [-0.1, -0.05) is 25.7 Å². The Kier molecular flexibility index (Phi) is 4.65. The summed E-state index contributed by atoms with van der Waals surface area (Å²) in [5, 5.41) is 28.5. The molecule has 20 heavy (non-hydrogen) atoms. The van der Waals surface area contributed by atoms with Gasteiger partial charge >= 0.3 is 5.97 Å². The fraction of sp³-hybridized carbons (Fsp3) is 0.857. The lowest BCUT2D eigenvalue weighted by molar-refractivity contribution is -0.154. The third-order valence-corrected chi connectivity index (χ3v) is 4.62. The van der Waals surface area contributed by atoms with Crippen LogP contribution in [0.3, 0.4) is 0 Å². The van der Waals surface area contributed by atoms with Crippen LogP contribution in [0.25, 0.3) is 0 Å². The molecule has 2 fully saturated rings. The first-order valence-electron chi connectivity index (χ1n) is 7.32. The second kappa shape index (κ2) is 6.10. The van der Waals surface area contributed by atoms with Gasteiger partial charge in [-0.05, 0) is 12.8 Å². The van der Waals surface area contributed by atoms with Crippen LogP contribution in [0.5, 0.6) is 0 Å². The third kappa shape index (κ3) is 3.12. The Morgan fingerprint density at radius 2 is 1.50 bits per heavy atom. The van der Waals surface area contributed by atoms with Crippen molar-refractivity contribution in [1.29, 1.82) is 0 Å². The Morgan fingerprint density at radius 3 is 1.95 bits per heavy atom. The fourth-order valence-corrected chi connectivity index (χ4v) is 3.25. The number of carbonyl (C=O) groups excluding carboxylic acids is 1. The van der Waals surface area contributed by atoms with Gasteiger partial charge in [-0.2, -0.15) is 0 Å². The SMILES string of the molecule is O=C(CC1(C(=O)O)CCCCCC1)N1CC(O)C(O)C1. The van der Waals surface area contributed by atoms with Gasteiger partial charge < -0.3 is 20.2 Å². The molecule has 1 heterocycles. The number of aliphatic hydroxyl groups is 2. The molecule has 1 saturated heterocycles. The largest absolute Gasteiger partial charge is 0.481 e. The topological polar surface area (TPSA) is 98.1 Å². The quantitative estimate of drug-likeness (QED) is 0.651. The molecule has 0 spiro atoms. The highest BCUT2D eigenvalue weighted by Gasteiger charge is 2.43. The zero-order chi connectivity index (χ0) is 14.8. The van der Waals surface area contributed by atoms with E-state index in [0.717, 1.165) is 25.7 Å². The molecule has 0 bridgehead atoms. The van der Waals surface area contributed by atoms with Crippen LogP contribution in [0.4, 0.5) is 0 Å². The van der Waals surface area contributed by atoms with E-state index in [2.05, 4.69) is 0 Å². The summed E-state index contributed by atoms with van der Waals surface area (Å²) in [7, 11) is 0. The summed E-state index contributed by atoms with van der Waals surface area (Å²) in [5.41, 5.74) is -0.966. The first kappa shape index (κ1) is 15.3. The van der Waals surface area contributed by atoms with Crippen molar-refractivity contribution in [2.75, 3.05) is 13.1 Å². The Bertz CT molecular complexity index is 366. The monoisotopic (exact) mass is 285 g/mol. The second-order valence-corrected chi connectivity index (χ2v) is 6.11. The molecule has 0 aromatic carbocycles. The highest BCUT2D eigenvalue weighted by molar-refractivity contribution is 5.85. The maximum absolute atomic E-state index is 12.3. The van der Waals surface area contributed by atoms with Gasteiger partial charge in [0.05, 0.1) is 17.6 Å². The first-order valence-corrected chi connectivity index (χ1v) is 7.32. The summed E-state index contributed by atoms with van der Waals surface area (Å²) in [4.78, 5) is 25.3. The van der Waals surface area contributed by atoms with E-state index >= 15 is 0 Å². The Morgan fingerprint density at radius 1 is 1.00 bits per heavy atom. The summed E-state index contributed by atoms with van der Waals surface area (Å²) in [6.45, 7) is 0.186. The zero-order valence-corrected chi connectivity index (χ0v) is 11.6. The molecule has 2 rings (SSSR count). The molecule has 1 aliphatic carbocycles. The van der Waals surface area contributed by atoms with Crippen LogP contribution < -0.4 is 0 Å². The van der Waals surface area contributed by atoms with Crippen molar-refractivity contribution in [1.82, 2.24) is 4.90 Å². The Balaban J connectivity index is 2.04. The number of hydrogen-bond acceptors (Lipinski definition) is 4. The molecule has 0 radical (unpaired) electrons. The minimum absolute atomic E-state index is 0.0260. The van der Waals surface area contributed by atoms with Crippen molar-refractivity contribution < 1.29 is 24.9 Å². The van der Waals surface area contributed by atoms with Gasteiger partial charge in [0.15, 0.2) is 0 Å². The molecule has 2 unspecified atom stereocenters. The van der Waals surface area contributed by atoms with Crippen molar-refractivity contribution in [3.05, 3.63) is 0 Å².